The first-order valence-corrected chi connectivity index (χ1v) is 7.79. The molecule has 4 rings (SSSR count). The maximum Gasteiger partial charge on any atom is 0.332 e. The van der Waals surface area contributed by atoms with Crippen molar-refractivity contribution in [2.75, 3.05) is 5.32 Å². The van der Waals surface area contributed by atoms with Crippen LogP contribution in [-0.4, -0.2) is 34.8 Å². The van der Waals surface area contributed by atoms with Gasteiger partial charge in [-0.25, -0.2) is 14.3 Å². The molecule has 0 spiro atoms. The second kappa shape index (κ2) is 5.69. The molecule has 0 fully saturated rings. The summed E-state index contributed by atoms with van der Waals surface area (Å²) in [5.74, 6) is -0.478. The number of hydrogen-bond donors (Lipinski definition) is 2. The van der Waals surface area contributed by atoms with Crippen LogP contribution in [0.25, 0.3) is 22.1 Å². The molecule has 0 saturated heterocycles. The Bertz CT molecular complexity index is 1270. The molecule has 0 unspecified atom stereocenters. The number of hydrogen-bond acceptors (Lipinski definition) is 5. The third kappa shape index (κ3) is 2.39. The van der Waals surface area contributed by atoms with E-state index >= 15 is 0 Å². The largest absolute Gasteiger partial charge is 0.332 e. The lowest BCUT2D eigenvalue weighted by atomic mass is 10.2. The van der Waals surface area contributed by atoms with Crippen LogP contribution < -0.4 is 16.6 Å². The number of fused-ring (bicyclic) bond motifs is 2. The zero-order valence-electron chi connectivity index (χ0n) is 14.1. The average Bonchev–Trinajstić information content (AvgIpc) is 3.23. The minimum absolute atomic E-state index is 0.264. The second-order valence-corrected chi connectivity index (χ2v) is 5.98. The number of amides is 1. The summed E-state index contributed by atoms with van der Waals surface area (Å²) in [5.41, 5.74) is 0.791. The van der Waals surface area contributed by atoms with Crippen molar-refractivity contribution in [2.24, 2.45) is 14.1 Å². The Kier molecular flexibility index (Phi) is 3.46. The summed E-state index contributed by atoms with van der Waals surface area (Å²) in [4.78, 5) is 41.5. The maximum absolute atomic E-state index is 12.6. The normalized spacial score (nSPS) is 11.3. The van der Waals surface area contributed by atoms with Crippen LogP contribution in [-0.2, 0) is 25.4 Å². The summed E-state index contributed by atoms with van der Waals surface area (Å²) in [5, 5.41) is 10.3. The van der Waals surface area contributed by atoms with Crippen molar-refractivity contribution in [1.82, 2.24) is 28.9 Å². The van der Waals surface area contributed by atoms with Crippen LogP contribution >= 0.6 is 0 Å². The number of nitrogens with one attached hydrogen (secondary N) is 2. The number of carbonyl (C=O) groups is 1. The number of H-pyrrole nitrogens is 1. The first-order chi connectivity index (χ1) is 12.5. The first-order valence-electron chi connectivity index (χ1n) is 7.79. The standard InChI is InChI=1S/C16H15N7O3/c1-21-8-17-14-13(21)15(25)23(16(26)22(14)2)7-12(24)19-10-3-4-11-9(5-10)6-18-20-11/h3-6,8H,7H2,1-2H3,(H,18,20)(H,19,24). The molecule has 2 N–H and O–H groups in total. The Balaban J connectivity index is 1.68. The van der Waals surface area contributed by atoms with Gasteiger partial charge in [0.25, 0.3) is 5.56 Å². The van der Waals surface area contributed by atoms with Crippen molar-refractivity contribution in [3.8, 4) is 0 Å². The zero-order valence-corrected chi connectivity index (χ0v) is 14.1. The Hall–Kier alpha value is -3.69. The van der Waals surface area contributed by atoms with Crippen LogP contribution in [0, 0.1) is 0 Å². The van der Waals surface area contributed by atoms with Crippen molar-refractivity contribution in [2.45, 2.75) is 6.54 Å². The van der Waals surface area contributed by atoms with Gasteiger partial charge in [-0.2, -0.15) is 5.10 Å². The number of aromatic nitrogens is 6. The summed E-state index contributed by atoms with van der Waals surface area (Å²) in [6.45, 7) is -0.393. The molecule has 3 aromatic heterocycles. The van der Waals surface area contributed by atoms with E-state index in [4.69, 9.17) is 0 Å². The molecule has 10 nitrogen and oxygen atoms in total. The van der Waals surface area contributed by atoms with E-state index in [0.717, 1.165) is 15.5 Å². The molecule has 0 aliphatic heterocycles. The molecule has 10 heteroatoms. The Morgan fingerprint density at radius 1 is 1.27 bits per heavy atom. The molecule has 132 valence electrons. The van der Waals surface area contributed by atoms with E-state index in [1.54, 1.807) is 31.4 Å². The number of carbonyl (C=O) groups excluding carboxylic acids is 1. The Morgan fingerprint density at radius 2 is 2.08 bits per heavy atom. The quantitative estimate of drug-likeness (QED) is 0.535. The fraction of sp³-hybridized carbons (Fsp3) is 0.188. The predicted molar refractivity (Wildman–Crippen MR) is 94.9 cm³/mol. The van der Waals surface area contributed by atoms with Crippen molar-refractivity contribution in [1.29, 1.82) is 0 Å². The molecule has 0 atom stereocenters. The highest BCUT2D eigenvalue weighted by atomic mass is 16.2. The first kappa shape index (κ1) is 15.8. The molecule has 0 aliphatic rings. The van der Waals surface area contributed by atoms with E-state index in [1.165, 1.54) is 22.5 Å². The highest BCUT2D eigenvalue weighted by Crippen LogP contribution is 2.16. The van der Waals surface area contributed by atoms with Crippen molar-refractivity contribution < 1.29 is 4.79 Å². The lowest BCUT2D eigenvalue weighted by Gasteiger charge is -2.09. The highest BCUT2D eigenvalue weighted by Gasteiger charge is 2.17. The van der Waals surface area contributed by atoms with Gasteiger partial charge in [0.2, 0.25) is 5.91 Å². The van der Waals surface area contributed by atoms with E-state index in [9.17, 15) is 14.4 Å². The van der Waals surface area contributed by atoms with E-state index in [2.05, 4.69) is 20.5 Å². The van der Waals surface area contributed by atoms with Crippen LogP contribution in [0.1, 0.15) is 0 Å². The third-order valence-electron chi connectivity index (χ3n) is 4.23. The van der Waals surface area contributed by atoms with E-state index in [1.807, 2.05) is 0 Å². The average molecular weight is 353 g/mol. The van der Waals surface area contributed by atoms with Gasteiger partial charge in [-0.1, -0.05) is 0 Å². The van der Waals surface area contributed by atoms with Gasteiger partial charge in [0.05, 0.1) is 18.0 Å². The number of aryl methyl sites for hydroxylation is 2. The molecule has 0 bridgehead atoms. The molecule has 26 heavy (non-hydrogen) atoms. The fourth-order valence-electron chi connectivity index (χ4n) is 2.90. The molecule has 0 radical (unpaired) electrons. The smallest absolute Gasteiger partial charge is 0.328 e. The molecule has 3 heterocycles. The van der Waals surface area contributed by atoms with Crippen molar-refractivity contribution >= 4 is 33.7 Å². The molecular weight excluding hydrogens is 338 g/mol. The number of nitrogens with zero attached hydrogens (tertiary/aromatic N) is 5. The SMILES string of the molecule is Cn1cnc2c1c(=O)n(CC(=O)Nc1ccc3[nH]ncc3c1)c(=O)n2C. The number of imidazole rings is 1. The van der Waals surface area contributed by atoms with Crippen molar-refractivity contribution in [3.05, 3.63) is 51.6 Å². The monoisotopic (exact) mass is 353 g/mol. The summed E-state index contributed by atoms with van der Waals surface area (Å²) in [7, 11) is 3.17. The molecule has 1 amide bonds. The number of benzene rings is 1. The molecule has 0 saturated carbocycles. The Labute approximate surface area is 145 Å². The number of rotatable bonds is 3. The summed E-state index contributed by atoms with van der Waals surface area (Å²) < 4.78 is 3.68. The van der Waals surface area contributed by atoms with Gasteiger partial charge >= 0.3 is 5.69 Å². The van der Waals surface area contributed by atoms with Gasteiger partial charge in [0, 0.05) is 25.2 Å². The maximum atomic E-state index is 12.6. The molecule has 4 aromatic rings. The van der Waals surface area contributed by atoms with Gasteiger partial charge in [-0.15, -0.1) is 0 Å². The Morgan fingerprint density at radius 3 is 2.88 bits per heavy atom. The van der Waals surface area contributed by atoms with Gasteiger partial charge in [-0.05, 0) is 18.2 Å². The van der Waals surface area contributed by atoms with E-state index < -0.39 is 23.7 Å². The molecule has 1 aromatic carbocycles. The predicted octanol–water partition coefficient (Wildman–Crippen LogP) is -0.0513. The van der Waals surface area contributed by atoms with Gasteiger partial charge in [0.1, 0.15) is 6.54 Å². The lowest BCUT2D eigenvalue weighted by Crippen LogP contribution is -2.42. The highest BCUT2D eigenvalue weighted by molar-refractivity contribution is 5.93. The molecule has 0 aliphatic carbocycles. The lowest BCUT2D eigenvalue weighted by molar-refractivity contribution is -0.116. The van der Waals surface area contributed by atoms with E-state index in [-0.39, 0.29) is 11.2 Å². The van der Waals surface area contributed by atoms with Gasteiger partial charge in [-0.3, -0.25) is 19.3 Å². The fourth-order valence-corrected chi connectivity index (χ4v) is 2.90. The van der Waals surface area contributed by atoms with Crippen LogP contribution in [0.4, 0.5) is 5.69 Å². The van der Waals surface area contributed by atoms with E-state index in [0.29, 0.717) is 5.69 Å². The van der Waals surface area contributed by atoms with Crippen molar-refractivity contribution in [3.63, 3.8) is 0 Å². The summed E-state index contributed by atoms with van der Waals surface area (Å²) in [6.07, 6.45) is 3.09. The topological polar surface area (TPSA) is 120 Å². The second-order valence-electron chi connectivity index (χ2n) is 5.98. The zero-order chi connectivity index (χ0) is 18.4. The summed E-state index contributed by atoms with van der Waals surface area (Å²) >= 11 is 0. The van der Waals surface area contributed by atoms with Crippen LogP contribution in [0.15, 0.2) is 40.3 Å². The molecular formula is C16H15N7O3. The number of aromatic amines is 1. The minimum Gasteiger partial charge on any atom is -0.328 e. The van der Waals surface area contributed by atoms with Crippen LogP contribution in [0.3, 0.4) is 0 Å². The third-order valence-corrected chi connectivity index (χ3v) is 4.23. The number of anilines is 1. The van der Waals surface area contributed by atoms with Gasteiger partial charge < -0.3 is 9.88 Å². The minimum atomic E-state index is -0.596. The summed E-state index contributed by atoms with van der Waals surface area (Å²) in [6, 6.07) is 5.25. The van der Waals surface area contributed by atoms with Crippen LogP contribution in [0.2, 0.25) is 0 Å². The van der Waals surface area contributed by atoms with Crippen LogP contribution in [0.5, 0.6) is 0 Å². The van der Waals surface area contributed by atoms with Gasteiger partial charge in [0.15, 0.2) is 11.2 Å².